The number of nitrogens with zero attached hydrogens (tertiary/aromatic N) is 2. The van der Waals surface area contributed by atoms with Crippen LogP contribution in [0.15, 0.2) is 34.9 Å². The van der Waals surface area contributed by atoms with E-state index in [2.05, 4.69) is 22.2 Å². The molecule has 2 aromatic rings. The van der Waals surface area contributed by atoms with Gasteiger partial charge in [-0.05, 0) is 57.9 Å². The second-order valence-corrected chi connectivity index (χ2v) is 5.28. The van der Waals surface area contributed by atoms with Gasteiger partial charge in [0.25, 0.3) is 0 Å². The van der Waals surface area contributed by atoms with Gasteiger partial charge in [0.1, 0.15) is 6.26 Å². The van der Waals surface area contributed by atoms with Crippen molar-refractivity contribution in [1.29, 1.82) is 0 Å². The highest BCUT2D eigenvalue weighted by Crippen LogP contribution is 2.21. The molecule has 0 aliphatic carbocycles. The second kappa shape index (κ2) is 7.43. The molecule has 1 heterocycles. The molecule has 0 aliphatic heterocycles. The molecular formula is C15H20ClN3O. The van der Waals surface area contributed by atoms with Crippen molar-refractivity contribution < 1.29 is 4.42 Å². The highest BCUT2D eigenvalue weighted by Gasteiger charge is 2.08. The summed E-state index contributed by atoms with van der Waals surface area (Å²) in [5.41, 5.74) is 1.89. The zero-order chi connectivity index (χ0) is 14.4. The quantitative estimate of drug-likeness (QED) is 0.797. The van der Waals surface area contributed by atoms with Crippen molar-refractivity contribution in [2.24, 2.45) is 0 Å². The summed E-state index contributed by atoms with van der Waals surface area (Å²) < 4.78 is 5.52. The van der Waals surface area contributed by atoms with Crippen LogP contribution in [0.2, 0.25) is 5.02 Å². The molecule has 1 aromatic carbocycles. The minimum atomic E-state index is 0.639. The van der Waals surface area contributed by atoms with E-state index >= 15 is 0 Å². The van der Waals surface area contributed by atoms with Crippen LogP contribution in [-0.2, 0) is 6.54 Å². The Labute approximate surface area is 124 Å². The molecule has 1 aromatic heterocycles. The van der Waals surface area contributed by atoms with Crippen molar-refractivity contribution in [2.45, 2.75) is 13.0 Å². The number of rotatable bonds is 7. The molecule has 0 unspecified atom stereocenters. The van der Waals surface area contributed by atoms with E-state index in [9.17, 15) is 0 Å². The number of oxazole rings is 1. The van der Waals surface area contributed by atoms with Gasteiger partial charge in [-0.3, -0.25) is 0 Å². The molecule has 4 nitrogen and oxygen atoms in total. The van der Waals surface area contributed by atoms with Crippen LogP contribution in [0.25, 0.3) is 11.5 Å². The Kier molecular flexibility index (Phi) is 5.59. The SMILES string of the molecule is CNCCCN(C)Cc1coc(-c2ccc(Cl)cc2)n1. The van der Waals surface area contributed by atoms with Crippen molar-refractivity contribution in [2.75, 3.05) is 27.2 Å². The van der Waals surface area contributed by atoms with E-state index in [0.29, 0.717) is 10.9 Å². The average Bonchev–Trinajstić information content (AvgIpc) is 2.88. The number of hydrogen-bond donors (Lipinski definition) is 1. The third-order valence-electron chi connectivity index (χ3n) is 3.04. The fraction of sp³-hybridized carbons (Fsp3) is 0.400. The van der Waals surface area contributed by atoms with Crippen molar-refractivity contribution in [3.05, 3.63) is 41.2 Å². The Bertz CT molecular complexity index is 524. The maximum atomic E-state index is 5.87. The molecule has 0 fully saturated rings. The second-order valence-electron chi connectivity index (χ2n) is 4.85. The Morgan fingerprint density at radius 2 is 2.05 bits per heavy atom. The van der Waals surface area contributed by atoms with E-state index in [-0.39, 0.29) is 0 Å². The standard InChI is InChI=1S/C15H20ClN3O/c1-17-8-3-9-19(2)10-14-11-20-15(18-14)12-4-6-13(16)7-5-12/h4-7,11,17H,3,8-10H2,1-2H3. The molecule has 0 saturated carbocycles. The first-order valence-corrected chi connectivity index (χ1v) is 7.10. The Hall–Kier alpha value is -1.36. The summed E-state index contributed by atoms with van der Waals surface area (Å²) in [4.78, 5) is 6.75. The first-order valence-electron chi connectivity index (χ1n) is 6.72. The molecule has 5 heteroatoms. The predicted octanol–water partition coefficient (Wildman–Crippen LogP) is 3.04. The summed E-state index contributed by atoms with van der Waals surface area (Å²) in [5, 5.41) is 3.86. The number of nitrogens with one attached hydrogen (secondary N) is 1. The molecule has 0 atom stereocenters. The minimum absolute atomic E-state index is 0.639. The van der Waals surface area contributed by atoms with Gasteiger partial charge in [0.2, 0.25) is 5.89 Å². The molecule has 2 rings (SSSR count). The normalized spacial score (nSPS) is 11.2. The molecular weight excluding hydrogens is 274 g/mol. The van der Waals surface area contributed by atoms with Crippen molar-refractivity contribution in [3.63, 3.8) is 0 Å². The first-order chi connectivity index (χ1) is 9.69. The smallest absolute Gasteiger partial charge is 0.226 e. The average molecular weight is 294 g/mol. The highest BCUT2D eigenvalue weighted by molar-refractivity contribution is 6.30. The summed E-state index contributed by atoms with van der Waals surface area (Å²) in [6.45, 7) is 2.85. The van der Waals surface area contributed by atoms with Crippen LogP contribution < -0.4 is 5.32 Å². The van der Waals surface area contributed by atoms with E-state index in [0.717, 1.165) is 37.3 Å². The molecule has 1 N–H and O–H groups in total. The van der Waals surface area contributed by atoms with Crippen LogP contribution in [0.1, 0.15) is 12.1 Å². The van der Waals surface area contributed by atoms with E-state index in [1.165, 1.54) is 0 Å². The van der Waals surface area contributed by atoms with Crippen molar-refractivity contribution >= 4 is 11.6 Å². The lowest BCUT2D eigenvalue weighted by Gasteiger charge is -2.14. The number of benzene rings is 1. The molecule has 20 heavy (non-hydrogen) atoms. The molecule has 0 bridgehead atoms. The third-order valence-corrected chi connectivity index (χ3v) is 3.29. The minimum Gasteiger partial charge on any atom is -0.444 e. The van der Waals surface area contributed by atoms with Gasteiger partial charge in [-0.25, -0.2) is 4.98 Å². The first kappa shape index (κ1) is 15.0. The highest BCUT2D eigenvalue weighted by atomic mass is 35.5. The zero-order valence-corrected chi connectivity index (χ0v) is 12.7. The molecule has 0 spiro atoms. The Balaban J connectivity index is 1.93. The monoisotopic (exact) mass is 293 g/mol. The van der Waals surface area contributed by atoms with Gasteiger partial charge in [0.05, 0.1) is 5.69 Å². The topological polar surface area (TPSA) is 41.3 Å². The molecule has 0 amide bonds. The third kappa shape index (κ3) is 4.34. The van der Waals surface area contributed by atoms with Gasteiger partial charge in [-0.2, -0.15) is 0 Å². The Morgan fingerprint density at radius 3 is 2.75 bits per heavy atom. The Morgan fingerprint density at radius 1 is 1.30 bits per heavy atom. The number of halogens is 1. The largest absolute Gasteiger partial charge is 0.444 e. The van der Waals surface area contributed by atoms with E-state index in [1.807, 2.05) is 31.3 Å². The summed E-state index contributed by atoms with van der Waals surface area (Å²) in [6.07, 6.45) is 2.84. The van der Waals surface area contributed by atoms with Gasteiger partial charge in [0.15, 0.2) is 0 Å². The van der Waals surface area contributed by atoms with E-state index < -0.39 is 0 Å². The number of hydrogen-bond acceptors (Lipinski definition) is 4. The molecule has 0 radical (unpaired) electrons. The van der Waals surface area contributed by atoms with Crippen molar-refractivity contribution in [3.8, 4) is 11.5 Å². The van der Waals surface area contributed by atoms with E-state index in [4.69, 9.17) is 16.0 Å². The van der Waals surface area contributed by atoms with Gasteiger partial charge in [0, 0.05) is 17.1 Å². The maximum absolute atomic E-state index is 5.87. The summed E-state index contributed by atoms with van der Waals surface area (Å²) in [7, 11) is 4.06. The van der Waals surface area contributed by atoms with Gasteiger partial charge in [-0.15, -0.1) is 0 Å². The summed E-state index contributed by atoms with van der Waals surface area (Å²) in [6, 6.07) is 7.50. The van der Waals surface area contributed by atoms with Crippen LogP contribution in [0.3, 0.4) is 0 Å². The van der Waals surface area contributed by atoms with Crippen LogP contribution in [0.5, 0.6) is 0 Å². The lowest BCUT2D eigenvalue weighted by molar-refractivity contribution is 0.317. The van der Waals surface area contributed by atoms with Crippen LogP contribution >= 0.6 is 11.6 Å². The fourth-order valence-electron chi connectivity index (χ4n) is 1.99. The van der Waals surface area contributed by atoms with Crippen LogP contribution in [0, 0.1) is 0 Å². The predicted molar refractivity (Wildman–Crippen MR) is 81.8 cm³/mol. The fourth-order valence-corrected chi connectivity index (χ4v) is 2.11. The molecule has 0 saturated heterocycles. The summed E-state index contributed by atoms with van der Waals surface area (Å²) in [5.74, 6) is 0.639. The van der Waals surface area contributed by atoms with Crippen LogP contribution in [0.4, 0.5) is 0 Å². The lowest BCUT2D eigenvalue weighted by Crippen LogP contribution is -2.22. The molecule has 0 aliphatic rings. The zero-order valence-electron chi connectivity index (χ0n) is 11.9. The number of aromatic nitrogens is 1. The van der Waals surface area contributed by atoms with E-state index in [1.54, 1.807) is 6.26 Å². The van der Waals surface area contributed by atoms with Gasteiger partial charge < -0.3 is 14.6 Å². The summed E-state index contributed by atoms with van der Waals surface area (Å²) >= 11 is 5.87. The van der Waals surface area contributed by atoms with Gasteiger partial charge in [-0.1, -0.05) is 11.6 Å². The van der Waals surface area contributed by atoms with Crippen LogP contribution in [-0.4, -0.2) is 37.1 Å². The van der Waals surface area contributed by atoms with Gasteiger partial charge >= 0.3 is 0 Å². The maximum Gasteiger partial charge on any atom is 0.226 e. The molecule has 108 valence electrons. The lowest BCUT2D eigenvalue weighted by atomic mass is 10.2. The van der Waals surface area contributed by atoms with Crippen molar-refractivity contribution in [1.82, 2.24) is 15.2 Å².